The molecular weight excluding hydrogens is 272 g/mol. The van der Waals surface area contributed by atoms with Crippen LogP contribution in [0.25, 0.3) is 6.08 Å². The Kier molecular flexibility index (Phi) is 4.07. The molecule has 1 saturated heterocycles. The first-order valence-electron chi connectivity index (χ1n) is 5.79. The fourth-order valence-corrected chi connectivity index (χ4v) is 2.93. The van der Waals surface area contributed by atoms with E-state index in [1.807, 2.05) is 24.3 Å². The Bertz CT molecular complexity index is 474. The van der Waals surface area contributed by atoms with Gasteiger partial charge in [-0.1, -0.05) is 11.6 Å². The standard InChI is InChI=1S/C12H15ClN2O2S/c1-9-12(16)14-6-8-15(9,17)7-2-3-10-4-5-11(13)18-10/h2-5,9H,6-8H2,1H3,(H,14,16)/t9-,15?/m0/s1. The fraction of sp³-hybridized carbons (Fsp3) is 0.417. The molecule has 0 aromatic carbocycles. The summed E-state index contributed by atoms with van der Waals surface area (Å²) in [5.74, 6) is -0.163. The molecule has 1 aliphatic rings. The van der Waals surface area contributed by atoms with Crippen molar-refractivity contribution in [2.45, 2.75) is 13.0 Å². The van der Waals surface area contributed by atoms with Gasteiger partial charge in [-0.15, -0.1) is 11.3 Å². The van der Waals surface area contributed by atoms with Crippen LogP contribution in [0.1, 0.15) is 11.8 Å². The van der Waals surface area contributed by atoms with Crippen molar-refractivity contribution < 1.29 is 9.44 Å². The summed E-state index contributed by atoms with van der Waals surface area (Å²) < 4.78 is 0.243. The molecule has 0 saturated carbocycles. The quantitative estimate of drug-likeness (QED) is 0.684. The number of halogens is 1. The monoisotopic (exact) mass is 286 g/mol. The Balaban J connectivity index is 2.00. The number of thiophene rings is 1. The van der Waals surface area contributed by atoms with Gasteiger partial charge in [0.25, 0.3) is 5.91 Å². The zero-order chi connectivity index (χ0) is 13.2. The van der Waals surface area contributed by atoms with Gasteiger partial charge in [-0.2, -0.15) is 0 Å². The average Bonchev–Trinajstić information content (AvgIpc) is 2.72. The third kappa shape index (κ3) is 2.92. The van der Waals surface area contributed by atoms with Gasteiger partial charge < -0.3 is 15.2 Å². The van der Waals surface area contributed by atoms with Gasteiger partial charge in [0.15, 0.2) is 6.04 Å². The molecule has 1 unspecified atom stereocenters. The predicted octanol–water partition coefficient (Wildman–Crippen LogP) is 2.25. The molecule has 1 aromatic heterocycles. The minimum Gasteiger partial charge on any atom is -0.632 e. The lowest BCUT2D eigenvalue weighted by atomic mass is 10.2. The van der Waals surface area contributed by atoms with Crippen LogP contribution in [0.3, 0.4) is 0 Å². The van der Waals surface area contributed by atoms with Crippen LogP contribution < -0.4 is 5.32 Å². The van der Waals surface area contributed by atoms with E-state index >= 15 is 0 Å². The second kappa shape index (κ2) is 5.40. The number of piperazine rings is 1. The van der Waals surface area contributed by atoms with Gasteiger partial charge in [0.05, 0.1) is 24.0 Å². The molecule has 0 spiro atoms. The summed E-state index contributed by atoms with van der Waals surface area (Å²) in [6, 6.07) is 3.19. The fourth-order valence-electron chi connectivity index (χ4n) is 1.94. The van der Waals surface area contributed by atoms with Gasteiger partial charge in [-0.25, -0.2) is 0 Å². The van der Waals surface area contributed by atoms with E-state index in [4.69, 9.17) is 11.6 Å². The van der Waals surface area contributed by atoms with Gasteiger partial charge in [0, 0.05) is 4.88 Å². The van der Waals surface area contributed by atoms with Crippen LogP contribution >= 0.6 is 22.9 Å². The molecule has 1 amide bonds. The topological polar surface area (TPSA) is 52.2 Å². The number of carbonyl (C=O) groups is 1. The normalized spacial score (nSPS) is 28.6. The summed E-state index contributed by atoms with van der Waals surface area (Å²) in [6.45, 7) is 2.86. The molecule has 1 fully saturated rings. The van der Waals surface area contributed by atoms with Crippen molar-refractivity contribution in [3.05, 3.63) is 32.6 Å². The van der Waals surface area contributed by atoms with E-state index in [1.165, 1.54) is 11.3 Å². The maximum Gasteiger partial charge on any atom is 0.278 e. The van der Waals surface area contributed by atoms with E-state index in [9.17, 15) is 10.0 Å². The highest BCUT2D eigenvalue weighted by atomic mass is 35.5. The number of quaternary nitrogens is 1. The van der Waals surface area contributed by atoms with Gasteiger partial charge in [-0.05, 0) is 31.2 Å². The third-order valence-corrected chi connectivity index (χ3v) is 4.36. The number of carbonyl (C=O) groups excluding carboxylic acids is 1. The molecular formula is C12H15ClN2O2S. The smallest absolute Gasteiger partial charge is 0.278 e. The van der Waals surface area contributed by atoms with Gasteiger partial charge >= 0.3 is 0 Å². The van der Waals surface area contributed by atoms with Gasteiger partial charge in [-0.3, -0.25) is 4.79 Å². The Morgan fingerprint density at radius 3 is 3.11 bits per heavy atom. The van der Waals surface area contributed by atoms with Gasteiger partial charge in [0.1, 0.15) is 0 Å². The van der Waals surface area contributed by atoms with Crippen LogP contribution in [-0.2, 0) is 4.79 Å². The van der Waals surface area contributed by atoms with E-state index in [-0.39, 0.29) is 5.91 Å². The molecule has 1 N–H and O–H groups in total. The largest absolute Gasteiger partial charge is 0.632 e. The van der Waals surface area contributed by atoms with E-state index in [1.54, 1.807) is 6.92 Å². The molecule has 0 aliphatic carbocycles. The Hall–Kier alpha value is -0.880. The third-order valence-electron chi connectivity index (χ3n) is 3.17. The number of hydrogen-bond donors (Lipinski definition) is 1. The zero-order valence-corrected chi connectivity index (χ0v) is 11.6. The minimum atomic E-state index is -0.546. The van der Waals surface area contributed by atoms with Crippen LogP contribution in [0.5, 0.6) is 0 Å². The molecule has 1 aliphatic heterocycles. The first-order valence-corrected chi connectivity index (χ1v) is 6.98. The Labute approximate surface area is 115 Å². The predicted molar refractivity (Wildman–Crippen MR) is 74.2 cm³/mol. The molecule has 2 heterocycles. The van der Waals surface area contributed by atoms with Crippen molar-refractivity contribution in [1.29, 1.82) is 0 Å². The van der Waals surface area contributed by atoms with Crippen LogP contribution in [-0.4, -0.2) is 36.2 Å². The first kappa shape index (κ1) is 13.5. The van der Waals surface area contributed by atoms with Crippen molar-refractivity contribution in [2.24, 2.45) is 0 Å². The van der Waals surface area contributed by atoms with Crippen LogP contribution in [0.15, 0.2) is 18.2 Å². The highest BCUT2D eigenvalue weighted by molar-refractivity contribution is 7.16. The number of amides is 1. The lowest BCUT2D eigenvalue weighted by molar-refractivity contribution is -0.890. The molecule has 2 atom stereocenters. The second-order valence-electron chi connectivity index (χ2n) is 4.37. The average molecular weight is 287 g/mol. The summed E-state index contributed by atoms with van der Waals surface area (Å²) in [5, 5.41) is 15.2. The summed E-state index contributed by atoms with van der Waals surface area (Å²) in [6.07, 6.45) is 3.71. The molecule has 2 rings (SSSR count). The number of nitrogens with one attached hydrogen (secondary N) is 1. The lowest BCUT2D eigenvalue weighted by Crippen LogP contribution is -2.63. The summed E-state index contributed by atoms with van der Waals surface area (Å²) in [5.41, 5.74) is 0. The maximum absolute atomic E-state index is 12.5. The number of nitrogens with zero attached hydrogens (tertiary/aromatic N) is 1. The van der Waals surface area contributed by atoms with Crippen LogP contribution in [0.2, 0.25) is 4.34 Å². The van der Waals surface area contributed by atoms with Crippen molar-refractivity contribution in [3.63, 3.8) is 0 Å². The molecule has 6 heteroatoms. The summed E-state index contributed by atoms with van der Waals surface area (Å²) in [7, 11) is 0. The Morgan fingerprint density at radius 2 is 2.44 bits per heavy atom. The molecule has 0 radical (unpaired) electrons. The van der Waals surface area contributed by atoms with Crippen molar-refractivity contribution in [1.82, 2.24) is 5.32 Å². The Morgan fingerprint density at radius 1 is 1.67 bits per heavy atom. The maximum atomic E-state index is 12.5. The molecule has 4 nitrogen and oxygen atoms in total. The number of hydroxylamine groups is 3. The lowest BCUT2D eigenvalue weighted by Gasteiger charge is -2.48. The summed E-state index contributed by atoms with van der Waals surface area (Å²) in [4.78, 5) is 12.5. The van der Waals surface area contributed by atoms with Crippen LogP contribution in [0, 0.1) is 5.21 Å². The van der Waals surface area contributed by atoms with Crippen molar-refractivity contribution >= 4 is 34.9 Å². The van der Waals surface area contributed by atoms with Crippen molar-refractivity contribution in [3.8, 4) is 0 Å². The molecule has 18 heavy (non-hydrogen) atoms. The number of rotatable bonds is 3. The highest BCUT2D eigenvalue weighted by Gasteiger charge is 2.33. The first-order chi connectivity index (χ1) is 8.51. The number of hydrogen-bond acceptors (Lipinski definition) is 3. The van der Waals surface area contributed by atoms with E-state index in [2.05, 4.69) is 5.32 Å². The zero-order valence-electron chi connectivity index (χ0n) is 10.1. The SMILES string of the molecule is C[C@H]1C(=O)NCC[N+]1([O-])CC=Cc1ccc(Cl)s1. The second-order valence-corrected chi connectivity index (χ2v) is 6.12. The van der Waals surface area contributed by atoms with E-state index in [0.717, 1.165) is 9.21 Å². The van der Waals surface area contributed by atoms with Crippen molar-refractivity contribution in [2.75, 3.05) is 19.6 Å². The molecule has 1 aromatic rings. The summed E-state index contributed by atoms with van der Waals surface area (Å²) >= 11 is 7.29. The van der Waals surface area contributed by atoms with Gasteiger partial charge in [0.2, 0.25) is 0 Å². The highest BCUT2D eigenvalue weighted by Crippen LogP contribution is 2.23. The minimum absolute atomic E-state index is 0.163. The molecule has 0 bridgehead atoms. The molecule has 98 valence electrons. The van der Waals surface area contributed by atoms with E-state index < -0.39 is 10.7 Å². The van der Waals surface area contributed by atoms with Crippen LogP contribution in [0.4, 0.5) is 0 Å². The van der Waals surface area contributed by atoms with E-state index in [0.29, 0.717) is 19.6 Å².